The topological polar surface area (TPSA) is 17.1 Å². The van der Waals surface area contributed by atoms with Crippen LogP contribution in [-0.4, -0.2) is 6.29 Å². The summed E-state index contributed by atoms with van der Waals surface area (Å²) in [7, 11) is 0. The highest BCUT2D eigenvalue weighted by atomic mass is 16.1. The number of carbonyl (C=O) groups excluding carboxylic acids is 1. The molecule has 0 aromatic heterocycles. The van der Waals surface area contributed by atoms with Gasteiger partial charge in [-0.05, 0) is 6.92 Å². The van der Waals surface area contributed by atoms with Gasteiger partial charge in [-0.25, -0.2) is 0 Å². The third kappa shape index (κ3) is 13600. The van der Waals surface area contributed by atoms with Gasteiger partial charge in [-0.15, -0.1) is 13.2 Å². The highest BCUT2D eigenvalue weighted by Gasteiger charge is 1.29. The fraction of sp³-hybridized carbons (Fsp3) is 0.125. The van der Waals surface area contributed by atoms with E-state index in [2.05, 4.69) is 26.3 Å². The molecule has 0 bridgehead atoms. The van der Waals surface area contributed by atoms with Gasteiger partial charge in [0.05, 0.1) is 0 Å². The van der Waals surface area contributed by atoms with Gasteiger partial charge in [-0.3, -0.25) is 0 Å². The first kappa shape index (κ1) is 15.7. The summed E-state index contributed by atoms with van der Waals surface area (Å²) in [4.78, 5) is 8.81. The lowest BCUT2D eigenvalue weighted by atomic mass is 10.6. The Morgan fingerprint density at radius 3 is 1.22 bits per heavy atom. The van der Waals surface area contributed by atoms with Crippen molar-refractivity contribution in [1.29, 1.82) is 0 Å². The van der Waals surface area contributed by atoms with E-state index in [9.17, 15) is 0 Å². The number of allylic oxidation sites excluding steroid dienone is 2. The molecule has 0 unspecified atom stereocenters. The molecule has 0 aliphatic heterocycles. The smallest absolute Gasteiger partial charge is 0.116 e. The van der Waals surface area contributed by atoms with Gasteiger partial charge in [0, 0.05) is 0 Å². The van der Waals surface area contributed by atoms with E-state index in [0.717, 1.165) is 6.29 Å². The maximum atomic E-state index is 8.81. The van der Waals surface area contributed by atoms with Crippen molar-refractivity contribution < 1.29 is 4.79 Å². The lowest BCUT2D eigenvalue weighted by Gasteiger charge is -1.44. The maximum Gasteiger partial charge on any atom is 0.116 e. The first-order valence-corrected chi connectivity index (χ1v) is 2.46. The average molecular weight is 126 g/mol. The summed E-state index contributed by atoms with van der Waals surface area (Å²) >= 11 is 0. The molecule has 0 amide bonds. The summed E-state index contributed by atoms with van der Waals surface area (Å²) in [6, 6.07) is 0. The van der Waals surface area contributed by atoms with Crippen molar-refractivity contribution >= 4 is 6.29 Å². The lowest BCUT2D eigenvalue weighted by molar-refractivity contribution is -0.106. The zero-order valence-corrected chi connectivity index (χ0v) is 5.97. The molecule has 52 valence electrons. The standard InChI is InChI=1S/C4H6.C2H4O.C2H4/c1-3-4-2;1-2-3;1-2/h3-4H,1-2H2;2H,1H3;1-2H2. The predicted octanol–water partition coefficient (Wildman–Crippen LogP) is 2.37. The van der Waals surface area contributed by atoms with Gasteiger partial charge < -0.3 is 4.79 Å². The van der Waals surface area contributed by atoms with E-state index in [1.54, 1.807) is 12.2 Å². The summed E-state index contributed by atoms with van der Waals surface area (Å²) in [5.41, 5.74) is 0. The summed E-state index contributed by atoms with van der Waals surface area (Å²) in [5.74, 6) is 0. The van der Waals surface area contributed by atoms with E-state index >= 15 is 0 Å². The second-order valence-electron chi connectivity index (χ2n) is 0.707. The Kier molecular flexibility index (Phi) is 116. The minimum absolute atomic E-state index is 0.750. The molecule has 0 spiro atoms. The molecule has 0 aromatic carbocycles. The SMILES string of the molecule is C=C.C=CC=C.CC=O. The van der Waals surface area contributed by atoms with Crippen LogP contribution in [0.15, 0.2) is 38.5 Å². The molecule has 0 radical (unpaired) electrons. The van der Waals surface area contributed by atoms with Crippen LogP contribution in [0.2, 0.25) is 0 Å². The highest BCUT2D eigenvalue weighted by molar-refractivity contribution is 5.44. The number of rotatable bonds is 1. The van der Waals surface area contributed by atoms with Gasteiger partial charge in [0.25, 0.3) is 0 Å². The van der Waals surface area contributed by atoms with E-state index < -0.39 is 0 Å². The summed E-state index contributed by atoms with van der Waals surface area (Å²) in [6.07, 6.45) is 4.03. The van der Waals surface area contributed by atoms with Crippen LogP contribution in [0.3, 0.4) is 0 Å². The fourth-order valence-corrected chi connectivity index (χ4v) is 0. The third-order valence-electron chi connectivity index (χ3n) is 0.167. The van der Waals surface area contributed by atoms with Crippen molar-refractivity contribution in [3.05, 3.63) is 38.5 Å². The second-order valence-corrected chi connectivity index (χ2v) is 0.707. The first-order chi connectivity index (χ1) is 4.33. The number of hydrogen-bond donors (Lipinski definition) is 0. The molecule has 0 fully saturated rings. The molecule has 0 saturated carbocycles. The average Bonchev–Trinajstić information content (AvgIpc) is 1.94. The van der Waals surface area contributed by atoms with Crippen LogP contribution >= 0.6 is 0 Å². The van der Waals surface area contributed by atoms with Crippen LogP contribution in [0.1, 0.15) is 6.92 Å². The molecule has 0 atom stereocenters. The van der Waals surface area contributed by atoms with Crippen LogP contribution in [-0.2, 0) is 4.79 Å². The fourth-order valence-electron chi connectivity index (χ4n) is 0. The van der Waals surface area contributed by atoms with Gasteiger partial charge >= 0.3 is 0 Å². The normalized spacial score (nSPS) is 4.11. The Morgan fingerprint density at radius 1 is 1.11 bits per heavy atom. The molecule has 0 aliphatic rings. The molecule has 0 aliphatic carbocycles. The molecule has 0 aromatic rings. The molecule has 0 heterocycles. The van der Waals surface area contributed by atoms with Crippen molar-refractivity contribution in [1.82, 2.24) is 0 Å². The van der Waals surface area contributed by atoms with Crippen molar-refractivity contribution in [2.75, 3.05) is 0 Å². The molecule has 1 nitrogen and oxygen atoms in total. The van der Waals surface area contributed by atoms with E-state index in [-0.39, 0.29) is 0 Å². The minimum Gasteiger partial charge on any atom is -0.304 e. The number of hydrogen-bond acceptors (Lipinski definition) is 1. The van der Waals surface area contributed by atoms with E-state index in [1.807, 2.05) is 0 Å². The Labute approximate surface area is 57.4 Å². The van der Waals surface area contributed by atoms with Gasteiger partial charge in [-0.1, -0.05) is 25.3 Å². The summed E-state index contributed by atoms with van der Waals surface area (Å²) in [5, 5.41) is 0. The maximum absolute atomic E-state index is 8.81. The monoisotopic (exact) mass is 126 g/mol. The Hall–Kier alpha value is -1.11. The Balaban J connectivity index is -0.0000000646. The predicted molar refractivity (Wildman–Crippen MR) is 43.4 cm³/mol. The zero-order chi connectivity index (χ0) is 8.12. The molecular weight excluding hydrogens is 112 g/mol. The molecule has 0 N–H and O–H groups in total. The van der Waals surface area contributed by atoms with Crippen molar-refractivity contribution in [3.8, 4) is 0 Å². The van der Waals surface area contributed by atoms with Crippen LogP contribution < -0.4 is 0 Å². The van der Waals surface area contributed by atoms with Crippen LogP contribution in [0.5, 0.6) is 0 Å². The van der Waals surface area contributed by atoms with Crippen molar-refractivity contribution in [2.45, 2.75) is 6.92 Å². The number of aldehydes is 1. The summed E-state index contributed by atoms with van der Waals surface area (Å²) in [6.45, 7) is 14.2. The minimum atomic E-state index is 0.750. The van der Waals surface area contributed by atoms with Gasteiger partial charge in [0.2, 0.25) is 0 Å². The van der Waals surface area contributed by atoms with Gasteiger partial charge in [0.1, 0.15) is 6.29 Å². The Morgan fingerprint density at radius 2 is 1.22 bits per heavy atom. The largest absolute Gasteiger partial charge is 0.304 e. The van der Waals surface area contributed by atoms with E-state index in [0.29, 0.717) is 0 Å². The Bertz CT molecular complexity index is 59.0. The zero-order valence-electron chi connectivity index (χ0n) is 5.97. The molecule has 0 saturated heterocycles. The van der Waals surface area contributed by atoms with E-state index in [1.165, 1.54) is 6.92 Å². The van der Waals surface area contributed by atoms with E-state index in [4.69, 9.17) is 4.79 Å². The summed E-state index contributed by atoms with van der Waals surface area (Å²) < 4.78 is 0. The van der Waals surface area contributed by atoms with Crippen LogP contribution in [0.4, 0.5) is 0 Å². The third-order valence-corrected chi connectivity index (χ3v) is 0.167. The van der Waals surface area contributed by atoms with Crippen LogP contribution in [0, 0.1) is 0 Å². The number of carbonyl (C=O) groups is 1. The molecular formula is C8H14O. The van der Waals surface area contributed by atoms with Gasteiger partial charge in [-0.2, -0.15) is 0 Å². The highest BCUT2D eigenvalue weighted by Crippen LogP contribution is 1.52. The quantitative estimate of drug-likeness (QED) is 0.299. The van der Waals surface area contributed by atoms with Crippen LogP contribution in [0.25, 0.3) is 0 Å². The molecule has 0 rings (SSSR count). The molecule has 1 heteroatoms. The first-order valence-electron chi connectivity index (χ1n) is 2.46. The molecule has 9 heavy (non-hydrogen) atoms. The van der Waals surface area contributed by atoms with Crippen molar-refractivity contribution in [3.63, 3.8) is 0 Å². The van der Waals surface area contributed by atoms with Crippen molar-refractivity contribution in [2.24, 2.45) is 0 Å². The van der Waals surface area contributed by atoms with Gasteiger partial charge in [0.15, 0.2) is 0 Å². The lowest BCUT2D eigenvalue weighted by Crippen LogP contribution is -1.36. The second kappa shape index (κ2) is 66.9.